The highest BCUT2D eigenvalue weighted by atomic mass is 32.1. The molecule has 2 aromatic heterocycles. The Morgan fingerprint density at radius 1 is 0.516 bits per heavy atom. The zero-order valence-corrected chi connectivity index (χ0v) is 19.6. The first-order valence-electron chi connectivity index (χ1n) is 10.8. The fourth-order valence-electron chi connectivity index (χ4n) is 5.19. The number of fused-ring (bicyclic) bond motifs is 6. The van der Waals surface area contributed by atoms with Crippen LogP contribution in [0, 0.1) is 5.41 Å². The molecule has 31 heavy (non-hydrogen) atoms. The molecule has 0 nitrogen and oxygen atoms in total. The van der Waals surface area contributed by atoms with Gasteiger partial charge in [0.25, 0.3) is 0 Å². The van der Waals surface area contributed by atoms with E-state index in [1.54, 1.807) is 0 Å². The molecule has 0 spiro atoms. The van der Waals surface area contributed by atoms with Gasteiger partial charge in [-0.05, 0) is 40.8 Å². The van der Waals surface area contributed by atoms with Crippen LogP contribution >= 0.6 is 22.7 Å². The van der Waals surface area contributed by atoms with E-state index in [1.807, 2.05) is 22.7 Å². The van der Waals surface area contributed by atoms with Crippen LogP contribution < -0.4 is 0 Å². The average molecular weight is 437 g/mol. The number of thiophene rings is 2. The summed E-state index contributed by atoms with van der Waals surface area (Å²) in [6, 6.07) is 31.5. The highest BCUT2D eigenvalue weighted by molar-refractivity contribution is 7.26. The average Bonchev–Trinajstić information content (AvgIpc) is 3.32. The van der Waals surface area contributed by atoms with Crippen molar-refractivity contribution < 1.29 is 0 Å². The summed E-state index contributed by atoms with van der Waals surface area (Å²) in [5.74, 6) is 0.302. The molecule has 4 aromatic carbocycles. The molecule has 0 fully saturated rings. The van der Waals surface area contributed by atoms with Crippen molar-refractivity contribution in [2.75, 3.05) is 0 Å². The van der Waals surface area contributed by atoms with Crippen molar-refractivity contribution in [3.63, 3.8) is 0 Å². The van der Waals surface area contributed by atoms with Crippen molar-refractivity contribution in [2.24, 2.45) is 5.41 Å². The van der Waals surface area contributed by atoms with Crippen LogP contribution in [0.5, 0.6) is 0 Å². The van der Waals surface area contributed by atoms with E-state index in [1.165, 1.54) is 51.5 Å². The maximum Gasteiger partial charge on any atom is 0.0358 e. The summed E-state index contributed by atoms with van der Waals surface area (Å²) < 4.78 is 5.51. The summed E-state index contributed by atoms with van der Waals surface area (Å²) in [5.41, 5.74) is 2.98. The predicted octanol–water partition coefficient (Wildman–Crippen LogP) is 9.60. The summed E-state index contributed by atoms with van der Waals surface area (Å²) in [5, 5.41) is 5.63. The predicted molar refractivity (Wildman–Crippen MR) is 140 cm³/mol. The molecule has 2 heterocycles. The van der Waals surface area contributed by atoms with Crippen molar-refractivity contribution >= 4 is 63.0 Å². The van der Waals surface area contributed by atoms with Crippen LogP contribution in [0.2, 0.25) is 0 Å². The summed E-state index contributed by atoms with van der Waals surface area (Å²) in [4.78, 5) is 0. The summed E-state index contributed by atoms with van der Waals surface area (Å²) in [6.07, 6.45) is 0. The van der Waals surface area contributed by atoms with Crippen LogP contribution in [0.3, 0.4) is 0 Å². The number of hydrogen-bond donors (Lipinski definition) is 0. The molecule has 2 heteroatoms. The van der Waals surface area contributed by atoms with Gasteiger partial charge in [-0.2, -0.15) is 0 Å². The standard InChI is InChI=1S/C29H24S2/c1-29(2,3)28(20-12-8-16-24-26(20)18-10-4-6-14-22(18)30-24)21-13-9-17-25-27(21)19-11-5-7-15-23(19)31-25/h4-17,28H,1-3H3. The van der Waals surface area contributed by atoms with Gasteiger partial charge in [0.1, 0.15) is 0 Å². The van der Waals surface area contributed by atoms with E-state index in [9.17, 15) is 0 Å². The molecule has 0 unspecified atom stereocenters. The van der Waals surface area contributed by atoms with Gasteiger partial charge in [-0.3, -0.25) is 0 Å². The molecule has 0 saturated heterocycles. The second-order valence-electron chi connectivity index (χ2n) is 9.44. The van der Waals surface area contributed by atoms with Gasteiger partial charge in [-0.1, -0.05) is 81.4 Å². The minimum absolute atomic E-state index is 0.0780. The summed E-state index contributed by atoms with van der Waals surface area (Å²) in [6.45, 7) is 7.16. The number of hydrogen-bond acceptors (Lipinski definition) is 2. The van der Waals surface area contributed by atoms with Crippen LogP contribution in [0.4, 0.5) is 0 Å². The van der Waals surface area contributed by atoms with E-state index in [-0.39, 0.29) is 5.41 Å². The third-order valence-electron chi connectivity index (χ3n) is 6.36. The van der Waals surface area contributed by atoms with E-state index in [4.69, 9.17) is 0 Å². The normalized spacial score (nSPS) is 12.6. The molecular weight excluding hydrogens is 412 g/mol. The Labute approximate surface area is 190 Å². The van der Waals surface area contributed by atoms with Crippen LogP contribution in [0.1, 0.15) is 37.8 Å². The van der Waals surface area contributed by atoms with Crippen LogP contribution in [-0.2, 0) is 0 Å². The zero-order chi connectivity index (χ0) is 21.2. The van der Waals surface area contributed by atoms with E-state index in [0.29, 0.717) is 5.92 Å². The van der Waals surface area contributed by atoms with Crippen LogP contribution in [0.25, 0.3) is 40.3 Å². The minimum atomic E-state index is 0.0780. The molecule has 6 aromatic rings. The SMILES string of the molecule is CC(C)(C)C(c1cccc2sc3ccccc3c12)c1cccc2sc3ccccc3c12. The second-order valence-corrected chi connectivity index (χ2v) is 11.6. The van der Waals surface area contributed by atoms with Crippen LogP contribution in [-0.4, -0.2) is 0 Å². The van der Waals surface area contributed by atoms with E-state index in [2.05, 4.69) is 106 Å². The van der Waals surface area contributed by atoms with Gasteiger partial charge >= 0.3 is 0 Å². The first kappa shape index (κ1) is 19.0. The van der Waals surface area contributed by atoms with Gasteiger partial charge in [0.05, 0.1) is 0 Å². The van der Waals surface area contributed by atoms with Gasteiger partial charge < -0.3 is 0 Å². The Bertz CT molecular complexity index is 1460. The number of benzene rings is 4. The quantitative estimate of drug-likeness (QED) is 0.253. The van der Waals surface area contributed by atoms with Crippen molar-refractivity contribution in [3.8, 4) is 0 Å². The highest BCUT2D eigenvalue weighted by Crippen LogP contribution is 2.50. The molecule has 0 bridgehead atoms. The largest absolute Gasteiger partial charge is 0.135 e. The maximum absolute atomic E-state index is 2.39. The third-order valence-corrected chi connectivity index (χ3v) is 8.63. The molecule has 0 aliphatic rings. The Kier molecular flexibility index (Phi) is 4.25. The third kappa shape index (κ3) is 2.93. The molecule has 0 aliphatic carbocycles. The summed E-state index contributed by atoms with van der Waals surface area (Å²) >= 11 is 3.82. The lowest BCUT2D eigenvalue weighted by molar-refractivity contribution is 0.362. The van der Waals surface area contributed by atoms with E-state index < -0.39 is 0 Å². The Hall–Kier alpha value is -2.68. The van der Waals surface area contributed by atoms with Gasteiger partial charge in [-0.25, -0.2) is 0 Å². The molecule has 0 amide bonds. The van der Waals surface area contributed by atoms with Gasteiger partial charge in [-0.15, -0.1) is 22.7 Å². The topological polar surface area (TPSA) is 0 Å². The smallest absolute Gasteiger partial charge is 0.0358 e. The van der Waals surface area contributed by atoms with E-state index in [0.717, 1.165) is 0 Å². The maximum atomic E-state index is 2.39. The zero-order valence-electron chi connectivity index (χ0n) is 18.0. The Morgan fingerprint density at radius 3 is 1.39 bits per heavy atom. The fraction of sp³-hybridized carbons (Fsp3) is 0.172. The molecule has 0 N–H and O–H groups in total. The lowest BCUT2D eigenvalue weighted by Gasteiger charge is -2.33. The van der Waals surface area contributed by atoms with Crippen LogP contribution in [0.15, 0.2) is 84.9 Å². The molecule has 0 aliphatic heterocycles. The fourth-order valence-corrected chi connectivity index (χ4v) is 7.47. The highest BCUT2D eigenvalue weighted by Gasteiger charge is 2.32. The van der Waals surface area contributed by atoms with Crippen molar-refractivity contribution in [1.29, 1.82) is 0 Å². The molecular formula is C29H24S2. The Balaban J connectivity index is 1.74. The first-order chi connectivity index (χ1) is 15.0. The van der Waals surface area contributed by atoms with Crippen molar-refractivity contribution in [3.05, 3.63) is 96.1 Å². The lowest BCUT2D eigenvalue weighted by Crippen LogP contribution is -2.20. The minimum Gasteiger partial charge on any atom is -0.135 e. The second kappa shape index (κ2) is 6.91. The Morgan fingerprint density at radius 2 is 0.935 bits per heavy atom. The van der Waals surface area contributed by atoms with E-state index >= 15 is 0 Å². The number of rotatable bonds is 2. The molecule has 0 saturated carbocycles. The lowest BCUT2D eigenvalue weighted by atomic mass is 9.70. The molecule has 0 atom stereocenters. The van der Waals surface area contributed by atoms with Crippen molar-refractivity contribution in [1.82, 2.24) is 0 Å². The first-order valence-corrected chi connectivity index (χ1v) is 12.5. The monoisotopic (exact) mass is 436 g/mol. The van der Waals surface area contributed by atoms with Gasteiger partial charge in [0.15, 0.2) is 0 Å². The van der Waals surface area contributed by atoms with Gasteiger partial charge in [0, 0.05) is 46.3 Å². The van der Waals surface area contributed by atoms with Crippen molar-refractivity contribution in [2.45, 2.75) is 26.7 Å². The summed E-state index contributed by atoms with van der Waals surface area (Å²) in [7, 11) is 0. The molecule has 6 rings (SSSR count). The van der Waals surface area contributed by atoms with Gasteiger partial charge in [0.2, 0.25) is 0 Å². The molecule has 0 radical (unpaired) electrons. The molecule has 152 valence electrons.